The second kappa shape index (κ2) is 8.25. The number of anilines is 1. The van der Waals surface area contributed by atoms with Gasteiger partial charge < -0.3 is 9.15 Å². The van der Waals surface area contributed by atoms with Gasteiger partial charge in [0, 0.05) is 12.5 Å². The molecule has 1 aromatic carbocycles. The predicted octanol–water partition coefficient (Wildman–Crippen LogP) is 3.71. The number of carbonyl (C=O) groups excluding carboxylic acids is 1. The van der Waals surface area contributed by atoms with Gasteiger partial charge in [0.1, 0.15) is 16.5 Å². The Labute approximate surface area is 149 Å². The summed E-state index contributed by atoms with van der Waals surface area (Å²) in [5, 5.41) is 12.0. The summed E-state index contributed by atoms with van der Waals surface area (Å²) in [7, 11) is 0. The maximum absolute atomic E-state index is 11.8. The number of aromatic nitrogens is 2. The summed E-state index contributed by atoms with van der Waals surface area (Å²) in [5.74, 6) is 1.16. The fourth-order valence-corrected chi connectivity index (χ4v) is 2.78. The normalized spacial score (nSPS) is 10.9. The fraction of sp³-hybridized carbons (Fsp3) is 0.167. The lowest BCUT2D eigenvalue weighted by Crippen LogP contribution is -2.07. The van der Waals surface area contributed by atoms with Gasteiger partial charge in [-0.2, -0.15) is 0 Å². The Balaban J connectivity index is 1.46. The molecule has 0 unspecified atom stereocenters. The molecule has 0 bridgehead atoms. The number of hydrogen-bond donors (Lipinski definition) is 1. The van der Waals surface area contributed by atoms with Gasteiger partial charge in [-0.15, -0.1) is 10.2 Å². The van der Waals surface area contributed by atoms with Crippen LogP contribution in [0.5, 0.6) is 5.75 Å². The van der Waals surface area contributed by atoms with Crippen molar-refractivity contribution in [3.63, 3.8) is 0 Å². The Kier molecular flexibility index (Phi) is 5.58. The molecule has 1 N–H and O–H groups in total. The van der Waals surface area contributed by atoms with E-state index in [1.165, 1.54) is 17.4 Å². The average Bonchev–Trinajstić information content (AvgIpc) is 3.25. The number of carbonyl (C=O) groups is 1. The zero-order valence-electron chi connectivity index (χ0n) is 13.6. The van der Waals surface area contributed by atoms with Crippen molar-refractivity contribution in [2.75, 3.05) is 11.9 Å². The third-order valence-electron chi connectivity index (χ3n) is 3.21. The van der Waals surface area contributed by atoms with Crippen molar-refractivity contribution in [1.82, 2.24) is 10.2 Å². The molecule has 0 aliphatic heterocycles. The highest BCUT2D eigenvalue weighted by Crippen LogP contribution is 2.17. The SMILES string of the molecule is Cc1cccc(OCCc2nnc(NC(=O)/C=C/c3ccco3)s2)c1. The summed E-state index contributed by atoms with van der Waals surface area (Å²) in [6, 6.07) is 11.4. The van der Waals surface area contributed by atoms with Gasteiger partial charge >= 0.3 is 0 Å². The summed E-state index contributed by atoms with van der Waals surface area (Å²) in [6.45, 7) is 2.53. The molecule has 0 radical (unpaired) electrons. The van der Waals surface area contributed by atoms with Gasteiger partial charge in [-0.3, -0.25) is 10.1 Å². The van der Waals surface area contributed by atoms with Crippen LogP contribution in [0.4, 0.5) is 5.13 Å². The maximum Gasteiger partial charge on any atom is 0.250 e. The van der Waals surface area contributed by atoms with Crippen molar-refractivity contribution in [3.05, 3.63) is 65.1 Å². The summed E-state index contributed by atoms with van der Waals surface area (Å²) in [6.07, 6.45) is 5.16. The smallest absolute Gasteiger partial charge is 0.250 e. The van der Waals surface area contributed by atoms with Crippen molar-refractivity contribution in [2.24, 2.45) is 0 Å². The molecule has 128 valence electrons. The van der Waals surface area contributed by atoms with Crippen LogP contribution in [0.1, 0.15) is 16.3 Å². The van der Waals surface area contributed by atoms with Crippen molar-refractivity contribution < 1.29 is 13.9 Å². The average molecular weight is 355 g/mol. The Hall–Kier alpha value is -2.93. The highest BCUT2D eigenvalue weighted by molar-refractivity contribution is 7.15. The number of amides is 1. The largest absolute Gasteiger partial charge is 0.493 e. The Bertz CT molecular complexity index is 856. The number of benzene rings is 1. The molecule has 0 spiro atoms. The van der Waals surface area contributed by atoms with Crippen molar-refractivity contribution in [2.45, 2.75) is 13.3 Å². The van der Waals surface area contributed by atoms with E-state index in [-0.39, 0.29) is 5.91 Å². The van der Waals surface area contributed by atoms with Gasteiger partial charge in [-0.1, -0.05) is 23.5 Å². The van der Waals surface area contributed by atoms with Crippen molar-refractivity contribution in [1.29, 1.82) is 0 Å². The maximum atomic E-state index is 11.8. The molecule has 3 rings (SSSR count). The number of ether oxygens (including phenoxy) is 1. The number of furan rings is 1. The third kappa shape index (κ3) is 5.29. The van der Waals surface area contributed by atoms with Crippen LogP contribution in [0.2, 0.25) is 0 Å². The molecule has 6 nitrogen and oxygen atoms in total. The van der Waals surface area contributed by atoms with Gasteiger partial charge in [-0.25, -0.2) is 0 Å². The summed E-state index contributed by atoms with van der Waals surface area (Å²) in [4.78, 5) is 11.8. The molecule has 1 amide bonds. The molecule has 3 aromatic rings. The first kappa shape index (κ1) is 16.9. The molecular weight excluding hydrogens is 338 g/mol. The number of nitrogens with one attached hydrogen (secondary N) is 1. The number of nitrogens with zero attached hydrogens (tertiary/aromatic N) is 2. The van der Waals surface area contributed by atoms with Crippen LogP contribution >= 0.6 is 11.3 Å². The Morgan fingerprint density at radius 3 is 3.04 bits per heavy atom. The Morgan fingerprint density at radius 2 is 2.24 bits per heavy atom. The van der Waals surface area contributed by atoms with Gasteiger partial charge in [-0.05, 0) is 42.8 Å². The number of hydrogen-bond acceptors (Lipinski definition) is 6. The van der Waals surface area contributed by atoms with Crippen LogP contribution in [0, 0.1) is 6.92 Å². The number of aryl methyl sites for hydroxylation is 1. The van der Waals surface area contributed by atoms with Crippen LogP contribution in [0.25, 0.3) is 6.08 Å². The summed E-state index contributed by atoms with van der Waals surface area (Å²) >= 11 is 1.33. The quantitative estimate of drug-likeness (QED) is 0.654. The van der Waals surface area contributed by atoms with E-state index in [1.54, 1.807) is 24.5 Å². The van der Waals surface area contributed by atoms with E-state index in [2.05, 4.69) is 15.5 Å². The van der Waals surface area contributed by atoms with Crippen LogP contribution in [-0.4, -0.2) is 22.7 Å². The zero-order chi connectivity index (χ0) is 17.5. The van der Waals surface area contributed by atoms with E-state index < -0.39 is 0 Å². The second-order valence-electron chi connectivity index (χ2n) is 5.25. The highest BCUT2D eigenvalue weighted by Gasteiger charge is 2.07. The standard InChI is InChI=1S/C18H17N3O3S/c1-13-4-2-5-15(12-13)24-11-9-17-20-21-18(25-17)19-16(22)8-7-14-6-3-10-23-14/h2-8,10,12H,9,11H2,1H3,(H,19,21,22)/b8-7+. The van der Waals surface area contributed by atoms with E-state index in [4.69, 9.17) is 9.15 Å². The van der Waals surface area contributed by atoms with Crippen LogP contribution < -0.4 is 10.1 Å². The monoisotopic (exact) mass is 355 g/mol. The molecule has 2 heterocycles. The molecule has 0 aliphatic carbocycles. The molecule has 0 atom stereocenters. The van der Waals surface area contributed by atoms with E-state index in [0.717, 1.165) is 16.3 Å². The van der Waals surface area contributed by atoms with Gasteiger partial charge in [0.25, 0.3) is 0 Å². The minimum atomic E-state index is -0.282. The lowest BCUT2D eigenvalue weighted by molar-refractivity contribution is -0.111. The zero-order valence-corrected chi connectivity index (χ0v) is 14.5. The molecule has 0 fully saturated rings. The molecule has 25 heavy (non-hydrogen) atoms. The first-order chi connectivity index (χ1) is 12.2. The molecule has 7 heteroatoms. The first-order valence-electron chi connectivity index (χ1n) is 7.73. The summed E-state index contributed by atoms with van der Waals surface area (Å²) in [5.41, 5.74) is 1.15. The third-order valence-corrected chi connectivity index (χ3v) is 4.11. The van der Waals surface area contributed by atoms with E-state index in [1.807, 2.05) is 31.2 Å². The first-order valence-corrected chi connectivity index (χ1v) is 8.55. The molecule has 0 saturated heterocycles. The van der Waals surface area contributed by atoms with E-state index >= 15 is 0 Å². The second-order valence-corrected chi connectivity index (χ2v) is 6.32. The summed E-state index contributed by atoms with van der Waals surface area (Å²) < 4.78 is 10.8. The molecule has 0 saturated carbocycles. The van der Waals surface area contributed by atoms with E-state index in [9.17, 15) is 4.79 Å². The number of rotatable bonds is 7. The van der Waals surface area contributed by atoms with Gasteiger partial charge in [0.15, 0.2) is 0 Å². The minimum Gasteiger partial charge on any atom is -0.493 e. The van der Waals surface area contributed by atoms with Crippen LogP contribution in [-0.2, 0) is 11.2 Å². The topological polar surface area (TPSA) is 77.3 Å². The van der Waals surface area contributed by atoms with Crippen molar-refractivity contribution >= 4 is 28.5 Å². The minimum absolute atomic E-state index is 0.282. The van der Waals surface area contributed by atoms with Gasteiger partial charge in [0.05, 0.1) is 12.9 Å². The molecule has 0 aliphatic rings. The van der Waals surface area contributed by atoms with E-state index in [0.29, 0.717) is 23.9 Å². The highest BCUT2D eigenvalue weighted by atomic mass is 32.1. The lowest BCUT2D eigenvalue weighted by Gasteiger charge is -2.04. The van der Waals surface area contributed by atoms with Crippen molar-refractivity contribution in [3.8, 4) is 5.75 Å². The lowest BCUT2D eigenvalue weighted by atomic mass is 10.2. The van der Waals surface area contributed by atoms with Gasteiger partial charge in [0.2, 0.25) is 11.0 Å². The predicted molar refractivity (Wildman–Crippen MR) is 96.7 cm³/mol. The molecule has 2 aromatic heterocycles. The Morgan fingerprint density at radius 1 is 1.32 bits per heavy atom. The fourth-order valence-electron chi connectivity index (χ4n) is 2.06. The van der Waals surface area contributed by atoms with Crippen LogP contribution in [0.15, 0.2) is 53.2 Å². The van der Waals surface area contributed by atoms with Crippen LogP contribution in [0.3, 0.4) is 0 Å². The molecular formula is C18H17N3O3S.